The van der Waals surface area contributed by atoms with Gasteiger partial charge in [0.1, 0.15) is 16.7 Å². The zero-order valence-electron chi connectivity index (χ0n) is 11.5. The fourth-order valence-electron chi connectivity index (χ4n) is 1.63. The molecule has 2 heterocycles. The second-order valence-corrected chi connectivity index (χ2v) is 12.4. The van der Waals surface area contributed by atoms with Crippen LogP contribution in [0.25, 0.3) is 11.0 Å². The minimum atomic E-state index is -1.12. The van der Waals surface area contributed by atoms with E-state index < -0.39 is 8.07 Å². The Morgan fingerprint density at radius 2 is 2.15 bits per heavy atom. The average molecular weight is 380 g/mol. The van der Waals surface area contributed by atoms with E-state index in [2.05, 4.69) is 50.6 Å². The lowest BCUT2D eigenvalue weighted by atomic mass is 10.4. The Bertz CT molecular complexity index is 679. The Hall–Kier alpha value is -0.703. The lowest BCUT2D eigenvalue weighted by Gasteiger charge is -2.15. The minimum Gasteiger partial charge on any atom is -0.359 e. The Morgan fingerprint density at radius 1 is 1.45 bits per heavy atom. The molecule has 0 aliphatic heterocycles. The highest BCUT2D eigenvalue weighted by Crippen LogP contribution is 2.19. The van der Waals surface area contributed by atoms with Crippen LogP contribution in [0, 0.1) is 0 Å². The first kappa shape index (κ1) is 15.7. The molecule has 0 atom stereocenters. The second-order valence-electron chi connectivity index (χ2n) is 5.69. The van der Waals surface area contributed by atoms with E-state index in [1.54, 1.807) is 0 Å². The summed E-state index contributed by atoms with van der Waals surface area (Å²) in [5.74, 6) is 0. The van der Waals surface area contributed by atoms with Gasteiger partial charge in [-0.1, -0.05) is 19.6 Å². The van der Waals surface area contributed by atoms with Crippen molar-refractivity contribution in [3.63, 3.8) is 0 Å². The summed E-state index contributed by atoms with van der Waals surface area (Å²) in [5.41, 5.74) is 0.0962. The third-order valence-electron chi connectivity index (χ3n) is 2.74. The molecule has 6 nitrogen and oxygen atoms in total. The predicted molar refractivity (Wildman–Crippen MR) is 85.0 cm³/mol. The summed E-state index contributed by atoms with van der Waals surface area (Å²) in [4.78, 5) is 18.3. The van der Waals surface area contributed by atoms with Crippen molar-refractivity contribution in [2.75, 3.05) is 6.61 Å². The molecule has 0 aliphatic carbocycles. The van der Waals surface area contributed by atoms with Crippen molar-refractivity contribution in [2.24, 2.45) is 0 Å². The summed E-state index contributed by atoms with van der Waals surface area (Å²) < 4.78 is 7.59. The fourth-order valence-corrected chi connectivity index (χ4v) is 3.10. The molecule has 0 aromatic carbocycles. The van der Waals surface area contributed by atoms with E-state index in [1.165, 1.54) is 4.68 Å². The topological polar surface area (TPSA) is 72.8 Å². The molecule has 0 amide bonds. The van der Waals surface area contributed by atoms with Crippen LogP contribution in [0.2, 0.25) is 31.0 Å². The summed E-state index contributed by atoms with van der Waals surface area (Å²) in [6, 6.07) is 1.07. The largest absolute Gasteiger partial charge is 0.359 e. The van der Waals surface area contributed by atoms with Crippen molar-refractivity contribution in [2.45, 2.75) is 32.4 Å². The fraction of sp³-hybridized carbons (Fsp3) is 0.545. The highest BCUT2D eigenvalue weighted by atomic mass is 79.9. The normalized spacial score (nSPS) is 12.2. The van der Waals surface area contributed by atoms with Crippen LogP contribution >= 0.6 is 27.5 Å². The van der Waals surface area contributed by atoms with Crippen LogP contribution in [0.3, 0.4) is 0 Å². The summed E-state index contributed by atoms with van der Waals surface area (Å²) in [6.07, 6.45) is 0. The number of H-pyrrole nitrogens is 1. The van der Waals surface area contributed by atoms with Gasteiger partial charge in [0.25, 0.3) is 5.56 Å². The van der Waals surface area contributed by atoms with Crippen LogP contribution < -0.4 is 5.56 Å². The molecule has 0 radical (unpaired) electrons. The first-order valence-electron chi connectivity index (χ1n) is 6.17. The number of hydrogen-bond donors (Lipinski definition) is 1. The molecule has 0 spiro atoms. The molecule has 2 aromatic heterocycles. The quantitative estimate of drug-likeness (QED) is 0.492. The molecule has 0 saturated heterocycles. The number of nitrogens with zero attached hydrogens (tertiary/aromatic N) is 3. The van der Waals surface area contributed by atoms with Crippen LogP contribution in [0.15, 0.2) is 9.40 Å². The van der Waals surface area contributed by atoms with Crippen molar-refractivity contribution >= 4 is 46.6 Å². The van der Waals surface area contributed by atoms with Gasteiger partial charge in [-0.25, -0.2) is 4.68 Å². The van der Waals surface area contributed by atoms with E-state index in [-0.39, 0.29) is 17.6 Å². The van der Waals surface area contributed by atoms with Gasteiger partial charge in [-0.05, 0) is 33.6 Å². The van der Waals surface area contributed by atoms with Crippen LogP contribution in [-0.4, -0.2) is 34.4 Å². The van der Waals surface area contributed by atoms with E-state index >= 15 is 0 Å². The van der Waals surface area contributed by atoms with Crippen molar-refractivity contribution in [1.82, 2.24) is 19.7 Å². The number of ether oxygens (including phenoxy) is 1. The summed E-state index contributed by atoms with van der Waals surface area (Å²) >= 11 is 9.02. The van der Waals surface area contributed by atoms with Gasteiger partial charge in [0.2, 0.25) is 5.28 Å². The molecule has 110 valence electrons. The van der Waals surface area contributed by atoms with Gasteiger partial charge >= 0.3 is 0 Å². The molecule has 9 heteroatoms. The lowest BCUT2D eigenvalue weighted by molar-refractivity contribution is 0.0810. The SMILES string of the molecule is C[Si](C)(C)CCOCn1nc(Br)c2c(=O)[nH]c(Cl)nc21. The van der Waals surface area contributed by atoms with Crippen molar-refractivity contribution < 1.29 is 4.74 Å². The molecule has 0 bridgehead atoms. The van der Waals surface area contributed by atoms with Gasteiger partial charge in [0.05, 0.1) is 0 Å². The summed E-state index contributed by atoms with van der Waals surface area (Å²) in [5, 5.41) is 4.62. The number of nitrogens with one attached hydrogen (secondary N) is 1. The zero-order valence-corrected chi connectivity index (χ0v) is 14.9. The predicted octanol–water partition coefficient (Wildman–Crippen LogP) is 2.85. The highest BCUT2D eigenvalue weighted by molar-refractivity contribution is 9.10. The molecule has 2 rings (SSSR count). The van der Waals surface area contributed by atoms with E-state index in [0.29, 0.717) is 22.2 Å². The van der Waals surface area contributed by atoms with Crippen LogP contribution in [-0.2, 0) is 11.5 Å². The average Bonchev–Trinajstić information content (AvgIpc) is 2.60. The van der Waals surface area contributed by atoms with Gasteiger partial charge in [0, 0.05) is 14.7 Å². The first-order valence-corrected chi connectivity index (χ1v) is 11.1. The highest BCUT2D eigenvalue weighted by Gasteiger charge is 2.16. The van der Waals surface area contributed by atoms with Crippen molar-refractivity contribution in [3.8, 4) is 0 Å². The van der Waals surface area contributed by atoms with Gasteiger partial charge in [0.15, 0.2) is 5.65 Å². The number of fused-ring (bicyclic) bond motifs is 1. The van der Waals surface area contributed by atoms with E-state index in [1.807, 2.05) is 0 Å². The number of aromatic nitrogens is 4. The summed E-state index contributed by atoms with van der Waals surface area (Å²) in [6.45, 7) is 7.79. The summed E-state index contributed by atoms with van der Waals surface area (Å²) in [7, 11) is -1.12. The van der Waals surface area contributed by atoms with Gasteiger partial charge < -0.3 is 4.74 Å². The number of aromatic amines is 1. The monoisotopic (exact) mass is 378 g/mol. The third kappa shape index (κ3) is 3.69. The van der Waals surface area contributed by atoms with Crippen LogP contribution in [0.4, 0.5) is 0 Å². The Balaban J connectivity index is 2.17. The van der Waals surface area contributed by atoms with E-state index in [0.717, 1.165) is 6.04 Å². The molecular weight excluding hydrogens is 364 g/mol. The maximum Gasteiger partial charge on any atom is 0.264 e. The molecule has 2 aromatic rings. The molecule has 0 unspecified atom stereocenters. The number of halogens is 2. The van der Waals surface area contributed by atoms with Crippen molar-refractivity contribution in [1.29, 1.82) is 0 Å². The molecule has 0 aliphatic rings. The molecule has 20 heavy (non-hydrogen) atoms. The maximum absolute atomic E-state index is 11.8. The molecule has 0 fully saturated rings. The van der Waals surface area contributed by atoms with Gasteiger partial charge in [-0.15, -0.1) is 0 Å². The Morgan fingerprint density at radius 3 is 2.80 bits per heavy atom. The minimum absolute atomic E-state index is 0.0400. The number of rotatable bonds is 5. The zero-order chi connectivity index (χ0) is 14.9. The standard InChI is InChI=1S/C11H16BrClN4O2Si/c1-20(2,3)5-4-19-6-17-9-7(8(12)16-17)10(18)15-11(13)14-9/h4-6H2,1-3H3,(H,14,15,18). The lowest BCUT2D eigenvalue weighted by Crippen LogP contribution is -2.22. The van der Waals surface area contributed by atoms with Gasteiger partial charge in [-0.3, -0.25) is 9.78 Å². The maximum atomic E-state index is 11.8. The van der Waals surface area contributed by atoms with Crippen LogP contribution in [0.1, 0.15) is 0 Å². The second kappa shape index (κ2) is 5.96. The van der Waals surface area contributed by atoms with E-state index in [4.69, 9.17) is 16.3 Å². The third-order valence-corrected chi connectivity index (χ3v) is 5.18. The van der Waals surface area contributed by atoms with Crippen LogP contribution in [0.5, 0.6) is 0 Å². The molecule has 0 saturated carbocycles. The Labute approximate surface area is 130 Å². The number of hydrogen-bond acceptors (Lipinski definition) is 4. The van der Waals surface area contributed by atoms with Crippen molar-refractivity contribution in [3.05, 3.63) is 20.2 Å². The van der Waals surface area contributed by atoms with E-state index in [9.17, 15) is 4.79 Å². The first-order chi connectivity index (χ1) is 9.28. The van der Waals surface area contributed by atoms with Gasteiger partial charge in [-0.2, -0.15) is 10.1 Å². The Kier molecular flexibility index (Phi) is 4.68. The molecule has 1 N–H and O–H groups in total. The smallest absolute Gasteiger partial charge is 0.264 e. The molecular formula is C11H16BrClN4O2Si.